The van der Waals surface area contributed by atoms with Crippen molar-refractivity contribution in [3.05, 3.63) is 96.6 Å². The van der Waals surface area contributed by atoms with E-state index in [2.05, 4.69) is 15.3 Å². The molecule has 3 aromatic rings. The fourth-order valence-electron chi connectivity index (χ4n) is 2.47. The second-order valence-electron chi connectivity index (χ2n) is 5.77. The largest absolute Gasteiger partial charge is 0.451 e. The molecule has 0 unspecified atom stereocenters. The van der Waals surface area contributed by atoms with Crippen LogP contribution in [0.25, 0.3) is 0 Å². The van der Waals surface area contributed by atoms with Gasteiger partial charge >= 0.3 is 6.09 Å². The lowest BCUT2D eigenvalue weighted by atomic mass is 10.1. The number of anilines is 1. The van der Waals surface area contributed by atoms with E-state index in [9.17, 15) is 4.79 Å². The second-order valence-corrected chi connectivity index (χ2v) is 5.77. The van der Waals surface area contributed by atoms with E-state index >= 15 is 0 Å². The molecule has 0 aliphatic heterocycles. The first-order valence-electron chi connectivity index (χ1n) is 8.76. The summed E-state index contributed by atoms with van der Waals surface area (Å²) in [6, 6.07) is 28.1. The Bertz CT molecular complexity index is 942. The maximum Gasteiger partial charge on any atom is 0.434 e. The van der Waals surface area contributed by atoms with Crippen LogP contribution in [0.5, 0.6) is 0 Å². The lowest BCUT2D eigenvalue weighted by molar-refractivity contribution is 0.179. The van der Waals surface area contributed by atoms with Gasteiger partial charge in [-0.2, -0.15) is 20.3 Å². The first-order chi connectivity index (χ1) is 13.8. The highest BCUT2D eigenvalue weighted by Crippen LogP contribution is 2.17. The summed E-state index contributed by atoms with van der Waals surface area (Å²) >= 11 is 0. The molecule has 3 rings (SSSR count). The SMILES string of the molecule is COC(=O)N(N=C(CN=Nc1ccccc1)c1ccccc1)c1ccccc1. The van der Waals surface area contributed by atoms with Crippen molar-refractivity contribution in [1.29, 1.82) is 0 Å². The Labute approximate surface area is 163 Å². The number of hydrogen-bond acceptors (Lipinski definition) is 5. The van der Waals surface area contributed by atoms with Crippen LogP contribution in [-0.2, 0) is 4.74 Å². The Morgan fingerprint density at radius 1 is 0.857 bits per heavy atom. The smallest absolute Gasteiger partial charge is 0.434 e. The molecule has 0 saturated heterocycles. The third-order valence-electron chi connectivity index (χ3n) is 3.84. The summed E-state index contributed by atoms with van der Waals surface area (Å²) < 4.78 is 4.90. The summed E-state index contributed by atoms with van der Waals surface area (Å²) in [6.07, 6.45) is -0.584. The van der Waals surface area contributed by atoms with Crippen molar-refractivity contribution in [3.63, 3.8) is 0 Å². The van der Waals surface area contributed by atoms with Crippen molar-refractivity contribution >= 4 is 23.2 Å². The number of benzene rings is 3. The molecule has 0 atom stereocenters. The van der Waals surface area contributed by atoms with Gasteiger partial charge in [0.1, 0.15) is 6.54 Å². The third-order valence-corrected chi connectivity index (χ3v) is 3.84. The number of rotatable bonds is 6. The first kappa shape index (κ1) is 19.0. The van der Waals surface area contributed by atoms with Crippen molar-refractivity contribution in [1.82, 2.24) is 0 Å². The molecule has 0 saturated carbocycles. The van der Waals surface area contributed by atoms with E-state index in [1.54, 1.807) is 12.1 Å². The van der Waals surface area contributed by atoms with Gasteiger partial charge in [0.25, 0.3) is 0 Å². The van der Waals surface area contributed by atoms with Crippen LogP contribution in [0.2, 0.25) is 0 Å². The molecule has 0 radical (unpaired) electrons. The quantitative estimate of drug-likeness (QED) is 0.328. The molecule has 0 aliphatic carbocycles. The minimum absolute atomic E-state index is 0.208. The molecule has 6 heteroatoms. The summed E-state index contributed by atoms with van der Waals surface area (Å²) in [4.78, 5) is 12.3. The predicted molar refractivity (Wildman–Crippen MR) is 110 cm³/mol. The van der Waals surface area contributed by atoms with Crippen LogP contribution in [0.15, 0.2) is 106 Å². The minimum atomic E-state index is -0.584. The monoisotopic (exact) mass is 372 g/mol. The fourth-order valence-corrected chi connectivity index (χ4v) is 2.47. The lowest BCUT2D eigenvalue weighted by Gasteiger charge is -2.17. The molecule has 0 spiro atoms. The van der Waals surface area contributed by atoms with E-state index < -0.39 is 6.09 Å². The van der Waals surface area contributed by atoms with Gasteiger partial charge in [0.15, 0.2) is 0 Å². The number of carbonyl (C=O) groups excluding carboxylic acids is 1. The topological polar surface area (TPSA) is 66.6 Å². The third kappa shape index (κ3) is 5.11. The van der Waals surface area contributed by atoms with Crippen LogP contribution in [0, 0.1) is 0 Å². The second kappa shape index (κ2) is 9.78. The van der Waals surface area contributed by atoms with Crippen molar-refractivity contribution in [2.75, 3.05) is 18.7 Å². The predicted octanol–water partition coefficient (Wildman–Crippen LogP) is 5.45. The van der Waals surface area contributed by atoms with Crippen LogP contribution < -0.4 is 5.01 Å². The Hall–Kier alpha value is -3.80. The average molecular weight is 372 g/mol. The van der Waals surface area contributed by atoms with Gasteiger partial charge in [0.2, 0.25) is 0 Å². The van der Waals surface area contributed by atoms with Crippen LogP contribution in [0.4, 0.5) is 16.2 Å². The van der Waals surface area contributed by atoms with Gasteiger partial charge in [0.05, 0.1) is 24.2 Å². The number of amides is 1. The summed E-state index contributed by atoms with van der Waals surface area (Å²) in [7, 11) is 1.32. The zero-order chi connectivity index (χ0) is 19.6. The van der Waals surface area contributed by atoms with E-state index in [0.717, 1.165) is 11.3 Å². The normalized spacial score (nSPS) is 11.4. The van der Waals surface area contributed by atoms with Crippen LogP contribution in [0.1, 0.15) is 5.56 Å². The Balaban J connectivity index is 1.94. The maximum atomic E-state index is 12.3. The van der Waals surface area contributed by atoms with E-state index in [1.165, 1.54) is 12.1 Å². The molecule has 1 amide bonds. The van der Waals surface area contributed by atoms with Gasteiger partial charge in [-0.25, -0.2) is 4.79 Å². The zero-order valence-electron chi connectivity index (χ0n) is 15.5. The standard InChI is InChI=1S/C22H20N4O2/c1-28-22(27)26(20-15-9-4-10-16-20)25-21(18-11-5-2-6-12-18)17-23-24-19-13-7-3-8-14-19/h2-16H,17H2,1H3. The molecular weight excluding hydrogens is 352 g/mol. The van der Waals surface area contributed by atoms with Crippen molar-refractivity contribution in [2.24, 2.45) is 15.3 Å². The molecule has 0 aromatic heterocycles. The average Bonchev–Trinajstić information content (AvgIpc) is 2.77. The number of para-hydroxylation sites is 1. The van der Waals surface area contributed by atoms with Gasteiger partial charge in [-0.15, -0.1) is 0 Å². The summed E-state index contributed by atoms with van der Waals surface area (Å²) in [5.41, 5.74) is 2.79. The van der Waals surface area contributed by atoms with Gasteiger partial charge in [-0.3, -0.25) is 0 Å². The molecule has 0 fully saturated rings. The van der Waals surface area contributed by atoms with Crippen molar-refractivity contribution in [2.45, 2.75) is 0 Å². The molecule has 0 heterocycles. The highest BCUT2D eigenvalue weighted by atomic mass is 16.5. The Morgan fingerprint density at radius 3 is 2.04 bits per heavy atom. The maximum absolute atomic E-state index is 12.3. The zero-order valence-corrected chi connectivity index (χ0v) is 15.5. The highest BCUT2D eigenvalue weighted by Gasteiger charge is 2.17. The molecule has 3 aromatic carbocycles. The van der Waals surface area contributed by atoms with Crippen LogP contribution in [-0.4, -0.2) is 25.5 Å². The first-order valence-corrected chi connectivity index (χ1v) is 8.76. The number of ether oxygens (including phenoxy) is 1. The number of hydrogen-bond donors (Lipinski definition) is 0. The molecule has 28 heavy (non-hydrogen) atoms. The number of hydrazone groups is 1. The summed E-state index contributed by atoms with van der Waals surface area (Å²) in [5, 5.41) is 14.3. The summed E-state index contributed by atoms with van der Waals surface area (Å²) in [5.74, 6) is 0. The molecule has 0 bridgehead atoms. The van der Waals surface area contributed by atoms with Crippen LogP contribution in [0.3, 0.4) is 0 Å². The van der Waals surface area contributed by atoms with E-state index in [0.29, 0.717) is 11.4 Å². The lowest BCUT2D eigenvalue weighted by Crippen LogP contribution is -2.27. The van der Waals surface area contributed by atoms with Gasteiger partial charge in [0, 0.05) is 0 Å². The Morgan fingerprint density at radius 2 is 1.43 bits per heavy atom. The van der Waals surface area contributed by atoms with Crippen molar-refractivity contribution in [3.8, 4) is 0 Å². The number of carbonyl (C=O) groups is 1. The number of azo groups is 1. The summed E-state index contributed by atoms with van der Waals surface area (Å²) in [6.45, 7) is 0.208. The number of nitrogens with zero attached hydrogens (tertiary/aromatic N) is 4. The molecule has 0 N–H and O–H groups in total. The van der Waals surface area contributed by atoms with Crippen molar-refractivity contribution < 1.29 is 9.53 Å². The van der Waals surface area contributed by atoms with E-state index in [1.807, 2.05) is 78.9 Å². The van der Waals surface area contributed by atoms with E-state index in [4.69, 9.17) is 4.74 Å². The van der Waals surface area contributed by atoms with E-state index in [-0.39, 0.29) is 6.54 Å². The molecule has 140 valence electrons. The molecular formula is C22H20N4O2. The minimum Gasteiger partial charge on any atom is -0.451 e. The fraction of sp³-hybridized carbons (Fsp3) is 0.0909. The number of methoxy groups -OCH3 is 1. The molecule has 6 nitrogen and oxygen atoms in total. The molecule has 0 aliphatic rings. The Kier molecular flexibility index (Phi) is 6.62. The van der Waals surface area contributed by atoms with Gasteiger partial charge in [-0.1, -0.05) is 66.7 Å². The van der Waals surface area contributed by atoms with Gasteiger partial charge < -0.3 is 4.74 Å². The highest BCUT2D eigenvalue weighted by molar-refractivity contribution is 6.04. The van der Waals surface area contributed by atoms with Crippen LogP contribution >= 0.6 is 0 Å². The van der Waals surface area contributed by atoms with Gasteiger partial charge in [-0.05, 0) is 29.8 Å².